The molecule has 3 aliphatic rings. The van der Waals surface area contributed by atoms with Gasteiger partial charge in [-0.2, -0.15) is 5.10 Å². The lowest BCUT2D eigenvalue weighted by Crippen LogP contribution is -2.56. The molecule has 0 unspecified atom stereocenters. The van der Waals surface area contributed by atoms with E-state index in [1.807, 2.05) is 17.9 Å². The lowest BCUT2D eigenvalue weighted by molar-refractivity contribution is -0.232. The summed E-state index contributed by atoms with van der Waals surface area (Å²) in [6.45, 7) is 3.72. The monoisotopic (exact) mass is 480 g/mol. The second-order valence-electron chi connectivity index (χ2n) is 10.6. The van der Waals surface area contributed by atoms with Crippen LogP contribution in [0.25, 0.3) is 17.1 Å². The molecule has 1 aliphatic heterocycles. The van der Waals surface area contributed by atoms with Crippen LogP contribution >= 0.6 is 0 Å². The zero-order valence-corrected chi connectivity index (χ0v) is 20.9. The van der Waals surface area contributed by atoms with Crippen molar-refractivity contribution in [2.24, 2.45) is 18.9 Å². The molecule has 0 bridgehead atoms. The second kappa shape index (κ2) is 8.15. The fourth-order valence-electron chi connectivity index (χ4n) is 7.34. The van der Waals surface area contributed by atoms with Gasteiger partial charge in [0.2, 0.25) is 0 Å². The van der Waals surface area contributed by atoms with Crippen molar-refractivity contribution in [3.05, 3.63) is 90.0 Å². The zero-order valence-electron chi connectivity index (χ0n) is 20.9. The van der Waals surface area contributed by atoms with Crippen LogP contribution in [0.3, 0.4) is 0 Å². The van der Waals surface area contributed by atoms with Crippen molar-refractivity contribution in [2.45, 2.75) is 43.8 Å². The smallest absolute Gasteiger partial charge is 0.171 e. The van der Waals surface area contributed by atoms with Gasteiger partial charge in [-0.3, -0.25) is 9.25 Å². The Morgan fingerprint density at radius 2 is 1.67 bits per heavy atom. The molecule has 7 rings (SSSR count). The van der Waals surface area contributed by atoms with Crippen molar-refractivity contribution < 1.29 is 9.47 Å². The molecule has 1 saturated heterocycles. The molecule has 2 aromatic heterocycles. The van der Waals surface area contributed by atoms with Gasteiger partial charge in [0, 0.05) is 42.4 Å². The van der Waals surface area contributed by atoms with Gasteiger partial charge in [0.15, 0.2) is 5.79 Å². The van der Waals surface area contributed by atoms with Gasteiger partial charge in [0.25, 0.3) is 0 Å². The van der Waals surface area contributed by atoms with Crippen LogP contribution in [0.2, 0.25) is 0 Å². The lowest BCUT2D eigenvalue weighted by atomic mass is 9.52. The third-order valence-electron chi connectivity index (χ3n) is 8.93. The van der Waals surface area contributed by atoms with E-state index in [2.05, 4.69) is 83.5 Å². The van der Waals surface area contributed by atoms with Gasteiger partial charge < -0.3 is 9.47 Å². The normalized spacial score (nSPS) is 26.6. The van der Waals surface area contributed by atoms with Crippen molar-refractivity contribution in [1.82, 2.24) is 19.3 Å². The molecule has 3 heterocycles. The number of ether oxygens (including phenoxy) is 2. The minimum atomic E-state index is -0.464. The third-order valence-corrected chi connectivity index (χ3v) is 8.93. The number of nitrogens with zero attached hydrogens (tertiary/aromatic N) is 4. The highest BCUT2D eigenvalue weighted by Gasteiger charge is 2.60. The van der Waals surface area contributed by atoms with Gasteiger partial charge >= 0.3 is 0 Å². The third kappa shape index (κ3) is 3.04. The van der Waals surface area contributed by atoms with Crippen LogP contribution in [0.1, 0.15) is 43.1 Å². The Balaban J connectivity index is 1.49. The van der Waals surface area contributed by atoms with E-state index in [0.29, 0.717) is 19.1 Å². The van der Waals surface area contributed by atoms with Crippen LogP contribution in [0.15, 0.2) is 73.1 Å². The first-order chi connectivity index (χ1) is 17.6. The van der Waals surface area contributed by atoms with Crippen molar-refractivity contribution in [3.8, 4) is 17.1 Å². The maximum atomic E-state index is 6.32. The fraction of sp³-hybridized carbons (Fsp3) is 0.400. The summed E-state index contributed by atoms with van der Waals surface area (Å²) >= 11 is 0. The Bertz CT molecular complexity index is 1390. The molecule has 184 valence electrons. The molecule has 0 radical (unpaired) electrons. The molecule has 36 heavy (non-hydrogen) atoms. The summed E-state index contributed by atoms with van der Waals surface area (Å²) in [4.78, 5) is 5.52. The van der Waals surface area contributed by atoms with Crippen LogP contribution < -0.4 is 0 Å². The zero-order chi connectivity index (χ0) is 24.3. The molecule has 0 amide bonds. The Hall–Kier alpha value is -3.22. The number of aryl methyl sites for hydroxylation is 1. The highest BCUT2D eigenvalue weighted by atomic mass is 16.7. The number of rotatable bonds is 3. The van der Waals surface area contributed by atoms with Crippen molar-refractivity contribution in [1.29, 1.82) is 0 Å². The van der Waals surface area contributed by atoms with Crippen LogP contribution in [0.4, 0.5) is 0 Å². The van der Waals surface area contributed by atoms with Crippen molar-refractivity contribution >= 4 is 0 Å². The summed E-state index contributed by atoms with van der Waals surface area (Å²) in [6, 6.07) is 21.7. The molecule has 2 fully saturated rings. The fourth-order valence-corrected chi connectivity index (χ4v) is 7.34. The van der Waals surface area contributed by atoms with E-state index in [4.69, 9.17) is 14.5 Å². The molecule has 3 atom stereocenters. The van der Waals surface area contributed by atoms with E-state index in [1.165, 1.54) is 17.0 Å². The van der Waals surface area contributed by atoms with Gasteiger partial charge in [-0.25, -0.2) is 4.98 Å². The van der Waals surface area contributed by atoms with Gasteiger partial charge in [-0.15, -0.1) is 0 Å². The minimum Gasteiger partial charge on any atom is -0.347 e. The molecule has 1 saturated carbocycles. The van der Waals surface area contributed by atoms with E-state index in [1.54, 1.807) is 0 Å². The van der Waals surface area contributed by atoms with E-state index in [9.17, 15) is 0 Å². The number of imidazole rings is 1. The number of benzene rings is 2. The topological polar surface area (TPSA) is 54.1 Å². The van der Waals surface area contributed by atoms with Crippen LogP contribution in [0.5, 0.6) is 0 Å². The van der Waals surface area contributed by atoms with Gasteiger partial charge in [0.1, 0.15) is 5.82 Å². The summed E-state index contributed by atoms with van der Waals surface area (Å²) in [5.74, 6) is 1.15. The Morgan fingerprint density at radius 1 is 0.944 bits per heavy atom. The van der Waals surface area contributed by atoms with Crippen LogP contribution in [0, 0.1) is 11.8 Å². The minimum absolute atomic E-state index is 0.189. The quantitative estimate of drug-likeness (QED) is 0.400. The first-order valence-corrected chi connectivity index (χ1v) is 13.1. The standard InChI is InChI=1S/C30H32N4O2/c1-21-25-13-14-26-27(29(25,23-9-5-3-6-10-23)15-16-30(21)35-17-18-36-30)32-28(22-19-31-33(2)20-22)34(26)24-11-7-4-8-12-24/h3-12,19-21,25H,13-18H2,1-2H3/t21-,25-,29+/m0/s1. The molecule has 4 aromatic rings. The number of aromatic nitrogens is 4. The average Bonchev–Trinajstić information content (AvgIpc) is 3.66. The van der Waals surface area contributed by atoms with Crippen LogP contribution in [-0.2, 0) is 28.4 Å². The summed E-state index contributed by atoms with van der Waals surface area (Å²) in [6.07, 6.45) is 7.87. The van der Waals surface area contributed by atoms with E-state index in [-0.39, 0.29) is 11.3 Å². The van der Waals surface area contributed by atoms with Gasteiger partial charge in [-0.05, 0) is 42.9 Å². The molecular formula is C30H32N4O2. The molecule has 6 nitrogen and oxygen atoms in total. The lowest BCUT2D eigenvalue weighted by Gasteiger charge is -2.55. The summed E-state index contributed by atoms with van der Waals surface area (Å²) in [5.41, 5.74) is 5.88. The summed E-state index contributed by atoms with van der Waals surface area (Å²) < 4.78 is 16.9. The van der Waals surface area contributed by atoms with Gasteiger partial charge in [0.05, 0.1) is 30.7 Å². The number of fused-ring (bicyclic) bond motifs is 3. The summed E-state index contributed by atoms with van der Waals surface area (Å²) in [5, 5.41) is 4.48. The van der Waals surface area contributed by atoms with Crippen molar-refractivity contribution in [3.63, 3.8) is 0 Å². The number of hydrogen-bond acceptors (Lipinski definition) is 4. The number of hydrogen-bond donors (Lipinski definition) is 0. The Kier molecular flexibility index (Phi) is 4.98. The largest absolute Gasteiger partial charge is 0.347 e. The maximum absolute atomic E-state index is 6.32. The van der Waals surface area contributed by atoms with E-state index < -0.39 is 5.79 Å². The SMILES string of the molecule is C[C@H]1[C@@H]2CCc3c(nc(-c4cnn(C)c4)n3-c3ccccc3)[C@@]2(c2ccccc2)CCC12OCCO2. The first kappa shape index (κ1) is 22.0. The maximum Gasteiger partial charge on any atom is 0.171 e. The Labute approximate surface area is 211 Å². The molecule has 6 heteroatoms. The molecular weight excluding hydrogens is 448 g/mol. The van der Waals surface area contributed by atoms with Crippen molar-refractivity contribution in [2.75, 3.05) is 13.2 Å². The van der Waals surface area contributed by atoms with Crippen LogP contribution in [-0.4, -0.2) is 38.3 Å². The number of para-hydroxylation sites is 1. The molecule has 0 N–H and O–H groups in total. The second-order valence-corrected chi connectivity index (χ2v) is 10.6. The predicted octanol–water partition coefficient (Wildman–Crippen LogP) is 5.29. The highest BCUT2D eigenvalue weighted by molar-refractivity contribution is 5.61. The first-order valence-electron chi connectivity index (χ1n) is 13.1. The Morgan fingerprint density at radius 3 is 2.36 bits per heavy atom. The van der Waals surface area contributed by atoms with E-state index >= 15 is 0 Å². The average molecular weight is 481 g/mol. The molecule has 2 aliphatic carbocycles. The van der Waals surface area contributed by atoms with Gasteiger partial charge in [-0.1, -0.05) is 55.5 Å². The predicted molar refractivity (Wildman–Crippen MR) is 138 cm³/mol. The highest BCUT2D eigenvalue weighted by Crippen LogP contribution is 2.60. The molecule has 1 spiro atoms. The summed E-state index contributed by atoms with van der Waals surface area (Å²) in [7, 11) is 1.96. The van der Waals surface area contributed by atoms with E-state index in [0.717, 1.165) is 42.8 Å². The molecule has 2 aromatic carbocycles.